The molecule has 0 radical (unpaired) electrons. The topological polar surface area (TPSA) is 62.8 Å². The summed E-state index contributed by atoms with van der Waals surface area (Å²) in [6.45, 7) is 0. The van der Waals surface area contributed by atoms with E-state index in [9.17, 15) is 0 Å². The van der Waals surface area contributed by atoms with Gasteiger partial charge in [-0.15, -0.1) is 0 Å². The molecule has 2 aromatic rings. The Morgan fingerprint density at radius 2 is 2.00 bits per heavy atom. The predicted octanol–water partition coefficient (Wildman–Crippen LogP) is 4.04. The number of hydrogen-bond donors (Lipinski definition) is 2. The van der Waals surface area contributed by atoms with Gasteiger partial charge in [0.2, 0.25) is 0 Å². The van der Waals surface area contributed by atoms with Gasteiger partial charge < -0.3 is 5.73 Å². The van der Waals surface area contributed by atoms with E-state index in [1.807, 2.05) is 30.3 Å². The summed E-state index contributed by atoms with van der Waals surface area (Å²) in [6.07, 6.45) is 1.76. The van der Waals surface area contributed by atoms with Crippen LogP contribution in [0, 0.1) is 5.41 Å². The van der Waals surface area contributed by atoms with Crippen molar-refractivity contribution in [2.75, 3.05) is 0 Å². The Kier molecular flexibility index (Phi) is 4.42. The summed E-state index contributed by atoms with van der Waals surface area (Å²) in [5.74, 6) is 0.0532. The number of halogens is 2. The van der Waals surface area contributed by atoms with Gasteiger partial charge in [0, 0.05) is 21.1 Å². The number of hydrogen-bond acceptors (Lipinski definition) is 3. The number of pyridine rings is 1. The lowest BCUT2D eigenvalue weighted by molar-refractivity contribution is 1.11. The van der Waals surface area contributed by atoms with Crippen LogP contribution < -0.4 is 5.73 Å². The number of amidine groups is 1. The van der Waals surface area contributed by atoms with Gasteiger partial charge in [-0.2, -0.15) is 0 Å². The Bertz CT molecular complexity index is 602. The molecule has 0 spiro atoms. The van der Waals surface area contributed by atoms with Crippen molar-refractivity contribution in [1.29, 1.82) is 5.41 Å². The molecule has 0 amide bonds. The fraction of sp³-hybridized carbons (Fsp3) is 0. The van der Waals surface area contributed by atoms with Crippen LogP contribution in [0.2, 0.25) is 0 Å². The molecule has 0 aliphatic rings. The number of nitrogen functional groups attached to an aromatic ring is 1. The number of rotatable bonds is 3. The first kappa shape index (κ1) is 13.6. The van der Waals surface area contributed by atoms with Crippen LogP contribution >= 0.6 is 43.6 Å². The lowest BCUT2D eigenvalue weighted by Crippen LogP contribution is -2.11. The van der Waals surface area contributed by atoms with E-state index in [0.717, 1.165) is 18.9 Å². The quantitative estimate of drug-likeness (QED) is 0.618. The van der Waals surface area contributed by atoms with Crippen molar-refractivity contribution in [3.05, 3.63) is 51.0 Å². The third-order valence-electron chi connectivity index (χ3n) is 2.17. The molecule has 0 unspecified atom stereocenters. The maximum atomic E-state index is 7.42. The Labute approximate surface area is 126 Å². The molecular formula is C12H9Br2N3S. The maximum absolute atomic E-state index is 7.42. The van der Waals surface area contributed by atoms with E-state index in [2.05, 4.69) is 36.8 Å². The second kappa shape index (κ2) is 5.86. The van der Waals surface area contributed by atoms with Gasteiger partial charge in [0.15, 0.2) is 0 Å². The number of aromatic nitrogens is 1. The molecule has 1 aromatic carbocycles. The lowest BCUT2D eigenvalue weighted by atomic mass is 10.2. The van der Waals surface area contributed by atoms with Crippen molar-refractivity contribution < 1.29 is 0 Å². The first-order chi connectivity index (χ1) is 8.58. The molecule has 3 N–H and O–H groups in total. The molecule has 1 aromatic heterocycles. The number of nitrogens with one attached hydrogen (secondary N) is 1. The van der Waals surface area contributed by atoms with Crippen LogP contribution in [0.5, 0.6) is 0 Å². The lowest BCUT2D eigenvalue weighted by Gasteiger charge is -2.06. The third-order valence-corrected chi connectivity index (χ3v) is 4.74. The van der Waals surface area contributed by atoms with E-state index in [4.69, 9.17) is 11.1 Å². The second-order valence-corrected chi connectivity index (χ2v) is 6.22. The zero-order valence-electron chi connectivity index (χ0n) is 9.15. The van der Waals surface area contributed by atoms with Crippen molar-refractivity contribution >= 4 is 49.5 Å². The van der Waals surface area contributed by atoms with Gasteiger partial charge >= 0.3 is 0 Å². The van der Waals surface area contributed by atoms with Gasteiger partial charge in [0.1, 0.15) is 10.9 Å². The first-order valence-corrected chi connectivity index (χ1v) is 7.40. The summed E-state index contributed by atoms with van der Waals surface area (Å²) in [6, 6.07) is 9.51. The fourth-order valence-electron chi connectivity index (χ4n) is 1.34. The van der Waals surface area contributed by atoms with E-state index in [1.54, 1.807) is 18.0 Å². The molecule has 1 heterocycles. The normalized spacial score (nSPS) is 10.3. The summed E-state index contributed by atoms with van der Waals surface area (Å²) >= 11 is 8.42. The molecule has 92 valence electrons. The molecule has 0 bridgehead atoms. The van der Waals surface area contributed by atoms with E-state index >= 15 is 0 Å². The van der Waals surface area contributed by atoms with E-state index in [0.29, 0.717) is 5.56 Å². The second-order valence-electron chi connectivity index (χ2n) is 3.45. The van der Waals surface area contributed by atoms with Crippen molar-refractivity contribution in [1.82, 2.24) is 4.98 Å². The van der Waals surface area contributed by atoms with Crippen LogP contribution in [-0.2, 0) is 0 Å². The SMILES string of the molecule is N=C(N)c1ccc(Sc2ncccc2Br)cc1Br. The molecule has 18 heavy (non-hydrogen) atoms. The summed E-state index contributed by atoms with van der Waals surface area (Å²) in [5, 5.41) is 8.33. The zero-order valence-corrected chi connectivity index (χ0v) is 13.1. The summed E-state index contributed by atoms with van der Waals surface area (Å²) in [5.41, 5.74) is 6.16. The predicted molar refractivity (Wildman–Crippen MR) is 81.2 cm³/mol. The molecule has 0 aliphatic carbocycles. The number of benzene rings is 1. The van der Waals surface area contributed by atoms with Crippen molar-refractivity contribution in [2.24, 2.45) is 5.73 Å². The average Bonchev–Trinajstić information content (AvgIpc) is 2.32. The zero-order chi connectivity index (χ0) is 13.1. The summed E-state index contributed by atoms with van der Waals surface area (Å²) < 4.78 is 1.77. The number of nitrogens with zero attached hydrogens (tertiary/aromatic N) is 1. The average molecular weight is 387 g/mol. The molecule has 0 atom stereocenters. The Balaban J connectivity index is 2.29. The van der Waals surface area contributed by atoms with E-state index < -0.39 is 0 Å². The number of nitrogens with two attached hydrogens (primary N) is 1. The monoisotopic (exact) mass is 385 g/mol. The van der Waals surface area contributed by atoms with Crippen LogP contribution in [0.4, 0.5) is 0 Å². The minimum atomic E-state index is 0.0532. The summed E-state index contributed by atoms with van der Waals surface area (Å²) in [4.78, 5) is 5.33. The highest BCUT2D eigenvalue weighted by Crippen LogP contribution is 2.33. The van der Waals surface area contributed by atoms with Crippen LogP contribution in [0.1, 0.15) is 5.56 Å². The van der Waals surface area contributed by atoms with Crippen molar-refractivity contribution in [2.45, 2.75) is 9.92 Å². The van der Waals surface area contributed by atoms with Crippen LogP contribution in [0.25, 0.3) is 0 Å². The molecule has 0 aliphatic heterocycles. The minimum Gasteiger partial charge on any atom is -0.384 e. The first-order valence-electron chi connectivity index (χ1n) is 5.00. The van der Waals surface area contributed by atoms with Gasteiger partial charge in [-0.1, -0.05) is 11.8 Å². The van der Waals surface area contributed by atoms with Crippen LogP contribution in [0.15, 0.2) is 55.4 Å². The van der Waals surface area contributed by atoms with Crippen molar-refractivity contribution in [3.8, 4) is 0 Å². The molecule has 2 rings (SSSR count). The van der Waals surface area contributed by atoms with Gasteiger partial charge in [0.25, 0.3) is 0 Å². The smallest absolute Gasteiger partial charge is 0.123 e. The standard InChI is InChI=1S/C12H9Br2N3S/c13-9-2-1-5-17-12(9)18-7-3-4-8(11(15)16)10(14)6-7/h1-6H,(H3,15,16). The highest BCUT2D eigenvalue weighted by molar-refractivity contribution is 9.10. The highest BCUT2D eigenvalue weighted by atomic mass is 79.9. The third kappa shape index (κ3) is 3.13. The van der Waals surface area contributed by atoms with Crippen LogP contribution in [0.3, 0.4) is 0 Å². The Morgan fingerprint density at radius 1 is 1.22 bits per heavy atom. The molecule has 6 heteroatoms. The Hall–Kier alpha value is -0.850. The van der Waals surface area contributed by atoms with Gasteiger partial charge in [-0.3, -0.25) is 5.41 Å². The largest absolute Gasteiger partial charge is 0.384 e. The van der Waals surface area contributed by atoms with Crippen LogP contribution in [-0.4, -0.2) is 10.8 Å². The molecule has 3 nitrogen and oxygen atoms in total. The molecule has 0 saturated carbocycles. The minimum absolute atomic E-state index is 0.0532. The van der Waals surface area contributed by atoms with Gasteiger partial charge in [-0.25, -0.2) is 4.98 Å². The Morgan fingerprint density at radius 3 is 2.61 bits per heavy atom. The molecule has 0 fully saturated rings. The highest BCUT2D eigenvalue weighted by Gasteiger charge is 2.07. The van der Waals surface area contributed by atoms with Crippen molar-refractivity contribution in [3.63, 3.8) is 0 Å². The van der Waals surface area contributed by atoms with Gasteiger partial charge in [0.05, 0.1) is 4.47 Å². The van der Waals surface area contributed by atoms with E-state index in [1.165, 1.54) is 0 Å². The summed E-state index contributed by atoms with van der Waals surface area (Å²) in [7, 11) is 0. The maximum Gasteiger partial charge on any atom is 0.123 e. The van der Waals surface area contributed by atoms with Gasteiger partial charge in [-0.05, 0) is 62.2 Å². The van der Waals surface area contributed by atoms with E-state index in [-0.39, 0.29) is 5.84 Å². The molecular weight excluding hydrogens is 378 g/mol. The molecule has 0 saturated heterocycles. The fourth-order valence-corrected chi connectivity index (χ4v) is 3.39.